The van der Waals surface area contributed by atoms with Crippen LogP contribution in [-0.4, -0.2) is 15.8 Å². The Labute approximate surface area is 150 Å². The van der Waals surface area contributed by atoms with Gasteiger partial charge in [-0.1, -0.05) is 41.9 Å². The molecule has 124 valence electrons. The van der Waals surface area contributed by atoms with Gasteiger partial charge in [0.2, 0.25) is 5.95 Å². The summed E-state index contributed by atoms with van der Waals surface area (Å²) in [5.74, 6) is 0.721. The first-order valence-corrected chi connectivity index (χ1v) is 8.53. The number of ketones is 1. The van der Waals surface area contributed by atoms with Gasteiger partial charge in [-0.15, -0.1) is 0 Å². The lowest BCUT2D eigenvalue weighted by Gasteiger charge is -2.23. The van der Waals surface area contributed by atoms with Crippen LogP contribution in [0.1, 0.15) is 34.0 Å². The average Bonchev–Trinajstić information content (AvgIpc) is 2.63. The summed E-state index contributed by atoms with van der Waals surface area (Å²) in [6, 6.07) is 17.4. The van der Waals surface area contributed by atoms with Crippen molar-refractivity contribution >= 4 is 29.0 Å². The zero-order chi connectivity index (χ0) is 17.2. The van der Waals surface area contributed by atoms with Crippen molar-refractivity contribution in [2.24, 2.45) is 0 Å². The summed E-state index contributed by atoms with van der Waals surface area (Å²) in [6.07, 6.45) is 2.83. The molecule has 0 amide bonds. The molecule has 2 aromatic carbocycles. The number of carbonyl (C=O) groups is 1. The normalized spacial score (nSPS) is 16.4. The lowest BCUT2D eigenvalue weighted by atomic mass is 9.82. The average molecular weight is 350 g/mol. The molecule has 1 aliphatic rings. The highest BCUT2D eigenvalue weighted by Gasteiger charge is 2.28. The molecule has 1 N–H and O–H groups in total. The molecule has 0 spiro atoms. The molecule has 5 heteroatoms. The van der Waals surface area contributed by atoms with Crippen molar-refractivity contribution in [2.75, 3.05) is 5.32 Å². The molecular formula is C20H16ClN3O. The molecule has 25 heavy (non-hydrogen) atoms. The Hall–Kier alpha value is -2.72. The highest BCUT2D eigenvalue weighted by Crippen LogP contribution is 2.32. The second-order valence-electron chi connectivity index (χ2n) is 6.12. The Balaban J connectivity index is 1.61. The number of nitrogens with zero attached hydrogens (tertiary/aromatic N) is 2. The third-order valence-electron chi connectivity index (χ3n) is 4.41. The van der Waals surface area contributed by atoms with Gasteiger partial charge in [0.05, 0.1) is 11.3 Å². The number of fused-ring (bicyclic) bond motifs is 1. The monoisotopic (exact) mass is 349 g/mol. The van der Waals surface area contributed by atoms with Gasteiger partial charge < -0.3 is 5.32 Å². The van der Waals surface area contributed by atoms with Crippen molar-refractivity contribution in [1.82, 2.24) is 9.97 Å². The molecule has 4 rings (SSSR count). The lowest BCUT2D eigenvalue weighted by Crippen LogP contribution is -2.21. The van der Waals surface area contributed by atoms with Crippen LogP contribution in [-0.2, 0) is 6.42 Å². The van der Waals surface area contributed by atoms with E-state index in [-0.39, 0.29) is 11.7 Å². The number of carbonyl (C=O) groups excluding carboxylic acids is 1. The molecule has 0 aliphatic heterocycles. The second-order valence-corrected chi connectivity index (χ2v) is 6.56. The van der Waals surface area contributed by atoms with Crippen molar-refractivity contribution in [3.05, 3.63) is 82.6 Å². The van der Waals surface area contributed by atoms with E-state index in [1.807, 2.05) is 54.6 Å². The quantitative estimate of drug-likeness (QED) is 0.738. The lowest BCUT2D eigenvalue weighted by molar-refractivity contribution is 0.0963. The van der Waals surface area contributed by atoms with Crippen molar-refractivity contribution in [2.45, 2.75) is 18.8 Å². The van der Waals surface area contributed by atoms with Gasteiger partial charge in [0, 0.05) is 23.3 Å². The van der Waals surface area contributed by atoms with Gasteiger partial charge in [-0.2, -0.15) is 0 Å². The van der Waals surface area contributed by atoms with E-state index in [9.17, 15) is 4.79 Å². The minimum absolute atomic E-state index is 0.0902. The predicted molar refractivity (Wildman–Crippen MR) is 98.6 cm³/mol. The number of hydrogen-bond acceptors (Lipinski definition) is 4. The number of hydrogen-bond donors (Lipinski definition) is 1. The summed E-state index contributed by atoms with van der Waals surface area (Å²) < 4.78 is 0. The van der Waals surface area contributed by atoms with Crippen LogP contribution in [0.2, 0.25) is 5.02 Å². The van der Waals surface area contributed by atoms with E-state index in [4.69, 9.17) is 11.6 Å². The summed E-state index contributed by atoms with van der Waals surface area (Å²) in [5.41, 5.74) is 3.45. The van der Waals surface area contributed by atoms with Gasteiger partial charge in [0.15, 0.2) is 5.78 Å². The second kappa shape index (κ2) is 6.65. The van der Waals surface area contributed by atoms with E-state index in [0.29, 0.717) is 29.4 Å². The fraction of sp³-hybridized carbons (Fsp3) is 0.150. The van der Waals surface area contributed by atoms with Crippen LogP contribution in [0.3, 0.4) is 0 Å². The fourth-order valence-corrected chi connectivity index (χ4v) is 3.25. The van der Waals surface area contributed by atoms with Gasteiger partial charge in [0.1, 0.15) is 0 Å². The molecule has 1 heterocycles. The van der Waals surface area contributed by atoms with E-state index in [1.165, 1.54) is 0 Å². The van der Waals surface area contributed by atoms with E-state index >= 15 is 0 Å². The Bertz CT molecular complexity index is 910. The Kier molecular flexibility index (Phi) is 4.20. The smallest absolute Gasteiger partial charge is 0.227 e. The molecule has 0 saturated carbocycles. The molecule has 1 atom stereocenters. The molecule has 0 unspecified atom stereocenters. The Morgan fingerprint density at radius 1 is 1.00 bits per heavy atom. The molecule has 1 aliphatic carbocycles. The summed E-state index contributed by atoms with van der Waals surface area (Å²) in [5, 5.41) is 3.88. The predicted octanol–water partition coefficient (Wildman–Crippen LogP) is 4.79. The summed E-state index contributed by atoms with van der Waals surface area (Å²) in [6.45, 7) is 0. The largest absolute Gasteiger partial charge is 0.324 e. The number of benzene rings is 2. The number of Topliss-reactive ketones (excluding diaryl/α,β-unsaturated/α-hetero) is 1. The topological polar surface area (TPSA) is 54.9 Å². The first-order valence-electron chi connectivity index (χ1n) is 8.16. The maximum Gasteiger partial charge on any atom is 0.227 e. The van der Waals surface area contributed by atoms with Crippen LogP contribution in [0.4, 0.5) is 11.6 Å². The third kappa shape index (κ3) is 3.39. The van der Waals surface area contributed by atoms with E-state index in [2.05, 4.69) is 15.3 Å². The standard InChI is InChI=1S/C20H16ClN3O/c21-15-8-6-13(7-9-15)14-10-18-17(19(25)11-14)12-22-20(24-18)23-16-4-2-1-3-5-16/h1-9,12,14H,10-11H2,(H,22,23,24)/t14-/m0/s1. The fourth-order valence-electron chi connectivity index (χ4n) is 3.13. The number of rotatable bonds is 3. The molecule has 0 fully saturated rings. The van der Waals surface area contributed by atoms with Crippen molar-refractivity contribution in [3.8, 4) is 0 Å². The number of para-hydroxylation sites is 1. The SMILES string of the molecule is O=C1C[C@@H](c2ccc(Cl)cc2)Cc2nc(Nc3ccccc3)ncc21. The minimum atomic E-state index is 0.0902. The number of halogens is 1. The zero-order valence-electron chi connectivity index (χ0n) is 13.4. The number of anilines is 2. The highest BCUT2D eigenvalue weighted by atomic mass is 35.5. The first-order chi connectivity index (χ1) is 12.2. The van der Waals surface area contributed by atoms with Crippen LogP contribution in [0.25, 0.3) is 0 Å². The Morgan fingerprint density at radius 2 is 1.76 bits per heavy atom. The first kappa shape index (κ1) is 15.8. The third-order valence-corrected chi connectivity index (χ3v) is 4.66. The van der Waals surface area contributed by atoms with Gasteiger partial charge in [-0.3, -0.25) is 4.79 Å². The van der Waals surface area contributed by atoms with Crippen LogP contribution in [0.5, 0.6) is 0 Å². The number of aromatic nitrogens is 2. The van der Waals surface area contributed by atoms with Crippen LogP contribution in [0.15, 0.2) is 60.8 Å². The maximum absolute atomic E-state index is 12.5. The molecule has 0 bridgehead atoms. The molecule has 1 aromatic heterocycles. The van der Waals surface area contributed by atoms with Gasteiger partial charge in [-0.05, 0) is 42.2 Å². The van der Waals surface area contributed by atoms with Crippen LogP contribution in [0, 0.1) is 0 Å². The Morgan fingerprint density at radius 3 is 2.52 bits per heavy atom. The van der Waals surface area contributed by atoms with Gasteiger partial charge >= 0.3 is 0 Å². The van der Waals surface area contributed by atoms with E-state index in [0.717, 1.165) is 16.9 Å². The molecule has 0 radical (unpaired) electrons. The van der Waals surface area contributed by atoms with E-state index in [1.54, 1.807) is 6.20 Å². The van der Waals surface area contributed by atoms with Crippen molar-refractivity contribution < 1.29 is 4.79 Å². The minimum Gasteiger partial charge on any atom is -0.324 e. The summed E-state index contributed by atoms with van der Waals surface area (Å²) in [7, 11) is 0. The van der Waals surface area contributed by atoms with Gasteiger partial charge in [-0.25, -0.2) is 9.97 Å². The molecule has 0 saturated heterocycles. The van der Waals surface area contributed by atoms with Gasteiger partial charge in [0.25, 0.3) is 0 Å². The van der Waals surface area contributed by atoms with Crippen molar-refractivity contribution in [3.63, 3.8) is 0 Å². The van der Waals surface area contributed by atoms with Crippen LogP contribution >= 0.6 is 11.6 Å². The zero-order valence-corrected chi connectivity index (χ0v) is 14.2. The summed E-state index contributed by atoms with van der Waals surface area (Å²) in [4.78, 5) is 21.3. The number of nitrogens with one attached hydrogen (secondary N) is 1. The van der Waals surface area contributed by atoms with Crippen molar-refractivity contribution in [1.29, 1.82) is 0 Å². The summed E-state index contributed by atoms with van der Waals surface area (Å²) >= 11 is 5.96. The van der Waals surface area contributed by atoms with E-state index < -0.39 is 0 Å². The molecule has 4 nitrogen and oxygen atoms in total. The molecular weight excluding hydrogens is 334 g/mol. The van der Waals surface area contributed by atoms with Crippen LogP contribution < -0.4 is 5.32 Å². The highest BCUT2D eigenvalue weighted by molar-refractivity contribution is 6.30. The molecule has 3 aromatic rings. The maximum atomic E-state index is 12.5.